The molecule has 6 rings (SSSR count). The van der Waals surface area contributed by atoms with Gasteiger partial charge in [-0.05, 0) is 51.0 Å². The minimum atomic E-state index is -0.884. The number of rotatable bonds is 3. The number of aryl methyl sites for hydroxylation is 2. The Morgan fingerprint density at radius 1 is 1.21 bits per heavy atom. The Balaban J connectivity index is 1.58. The zero-order valence-corrected chi connectivity index (χ0v) is 19.1. The molecule has 2 aliphatic rings. The van der Waals surface area contributed by atoms with Gasteiger partial charge in [0.2, 0.25) is 0 Å². The van der Waals surface area contributed by atoms with Crippen molar-refractivity contribution in [2.75, 3.05) is 19.7 Å². The topological polar surface area (TPSA) is 107 Å². The summed E-state index contributed by atoms with van der Waals surface area (Å²) in [4.78, 5) is 22.8. The third-order valence-corrected chi connectivity index (χ3v) is 6.92. The molecule has 9 heteroatoms. The van der Waals surface area contributed by atoms with Gasteiger partial charge in [-0.1, -0.05) is 11.2 Å². The summed E-state index contributed by atoms with van der Waals surface area (Å²) in [7, 11) is 0. The Morgan fingerprint density at radius 3 is 2.82 bits per heavy atom. The molecular weight excluding hydrogens is 434 g/mol. The van der Waals surface area contributed by atoms with Crippen LogP contribution < -0.4 is 4.74 Å². The molecular formula is C25H25N5O4. The second-order valence-corrected chi connectivity index (χ2v) is 9.00. The van der Waals surface area contributed by atoms with Gasteiger partial charge in [-0.3, -0.25) is 4.98 Å². The third kappa shape index (κ3) is 3.14. The number of carbonyl (C=O) groups is 1. The fraction of sp³-hybridized carbons (Fsp3) is 0.360. The molecule has 3 aromatic heterocycles. The number of hydrogen-bond donors (Lipinski definition) is 1. The number of nitrogens with zero attached hydrogens (tertiary/aromatic N) is 5. The zero-order chi connectivity index (χ0) is 23.4. The first-order chi connectivity index (χ1) is 16.5. The quantitative estimate of drug-likeness (QED) is 0.479. The van der Waals surface area contributed by atoms with Crippen LogP contribution in [0.5, 0.6) is 5.75 Å². The van der Waals surface area contributed by atoms with Gasteiger partial charge in [-0.15, -0.1) is 0 Å². The predicted molar refractivity (Wildman–Crippen MR) is 124 cm³/mol. The maximum Gasteiger partial charge on any atom is 0.407 e. The molecule has 0 saturated carbocycles. The lowest BCUT2D eigenvalue weighted by Gasteiger charge is -2.33. The van der Waals surface area contributed by atoms with Crippen molar-refractivity contribution in [1.29, 1.82) is 0 Å². The number of benzene rings is 1. The number of likely N-dealkylation sites (tertiary alicyclic amines) is 1. The van der Waals surface area contributed by atoms with Gasteiger partial charge in [0, 0.05) is 30.8 Å². The van der Waals surface area contributed by atoms with Crippen molar-refractivity contribution in [2.45, 2.75) is 38.6 Å². The monoisotopic (exact) mass is 459 g/mol. The molecule has 0 bridgehead atoms. The van der Waals surface area contributed by atoms with Crippen LogP contribution in [-0.2, 0) is 0 Å². The van der Waals surface area contributed by atoms with Crippen molar-refractivity contribution in [3.63, 3.8) is 0 Å². The number of piperidine rings is 1. The first-order valence-electron chi connectivity index (χ1n) is 11.5. The second kappa shape index (κ2) is 7.86. The van der Waals surface area contributed by atoms with Crippen LogP contribution in [0, 0.1) is 13.8 Å². The maximum absolute atomic E-state index is 11.7. The summed E-state index contributed by atoms with van der Waals surface area (Å²) in [5, 5.41) is 13.7. The zero-order valence-electron chi connectivity index (χ0n) is 19.1. The van der Waals surface area contributed by atoms with E-state index < -0.39 is 6.09 Å². The summed E-state index contributed by atoms with van der Waals surface area (Å²) in [5.74, 6) is 2.37. The molecule has 5 heterocycles. The fourth-order valence-electron chi connectivity index (χ4n) is 5.38. The summed E-state index contributed by atoms with van der Waals surface area (Å²) < 4.78 is 14.1. The van der Waals surface area contributed by atoms with E-state index in [-0.39, 0.29) is 12.0 Å². The molecule has 0 spiro atoms. The van der Waals surface area contributed by atoms with Crippen LogP contribution in [-0.4, -0.2) is 55.5 Å². The maximum atomic E-state index is 11.7. The van der Waals surface area contributed by atoms with Gasteiger partial charge < -0.3 is 23.8 Å². The average Bonchev–Trinajstić information content (AvgIpc) is 3.41. The minimum Gasteiger partial charge on any atom is -0.488 e. The summed E-state index contributed by atoms with van der Waals surface area (Å²) in [6.07, 6.45) is 2.59. The minimum absolute atomic E-state index is 0.00285. The van der Waals surface area contributed by atoms with E-state index in [0.29, 0.717) is 19.7 Å². The molecule has 2 aliphatic heterocycles. The summed E-state index contributed by atoms with van der Waals surface area (Å²) in [6.45, 7) is 5.21. The van der Waals surface area contributed by atoms with Crippen molar-refractivity contribution < 1.29 is 19.2 Å². The normalized spacial score (nSPS) is 19.9. The number of amides is 1. The molecule has 4 aromatic rings. The molecule has 1 aromatic carbocycles. The highest BCUT2D eigenvalue weighted by Crippen LogP contribution is 2.45. The van der Waals surface area contributed by atoms with Crippen molar-refractivity contribution in [1.82, 2.24) is 24.6 Å². The molecule has 1 N–H and O–H groups in total. The number of ether oxygens (including phenoxy) is 1. The van der Waals surface area contributed by atoms with Crippen LogP contribution in [0.3, 0.4) is 0 Å². The first kappa shape index (κ1) is 20.7. The van der Waals surface area contributed by atoms with Gasteiger partial charge in [-0.2, -0.15) is 0 Å². The van der Waals surface area contributed by atoms with Crippen LogP contribution in [0.4, 0.5) is 4.79 Å². The number of carboxylic acid groups (broad SMARTS) is 1. The Hall–Kier alpha value is -3.88. The Bertz CT molecular complexity index is 1370. The van der Waals surface area contributed by atoms with E-state index in [0.717, 1.165) is 63.7 Å². The van der Waals surface area contributed by atoms with E-state index in [2.05, 4.69) is 14.7 Å². The van der Waals surface area contributed by atoms with E-state index in [1.54, 1.807) is 6.20 Å². The van der Waals surface area contributed by atoms with Gasteiger partial charge in [0.1, 0.15) is 29.8 Å². The highest BCUT2D eigenvalue weighted by Gasteiger charge is 2.36. The molecule has 34 heavy (non-hydrogen) atoms. The second-order valence-electron chi connectivity index (χ2n) is 9.00. The molecule has 1 amide bonds. The summed E-state index contributed by atoms with van der Waals surface area (Å²) in [5.41, 5.74) is 5.28. The SMILES string of the molecule is Cc1noc(C)c1-c1ccc2nc(C3CCCN(C(=O)O)C3)n3c2c1OCC3c1ccccn1. The van der Waals surface area contributed by atoms with Gasteiger partial charge in [0.15, 0.2) is 5.75 Å². The molecule has 1 saturated heterocycles. The molecule has 9 nitrogen and oxygen atoms in total. The van der Waals surface area contributed by atoms with Gasteiger partial charge in [0.25, 0.3) is 0 Å². The molecule has 2 atom stereocenters. The molecule has 0 aliphatic carbocycles. The van der Waals surface area contributed by atoms with Crippen molar-refractivity contribution in [3.05, 3.63) is 59.5 Å². The van der Waals surface area contributed by atoms with Crippen LogP contribution >= 0.6 is 0 Å². The van der Waals surface area contributed by atoms with Crippen LogP contribution in [0.1, 0.15) is 47.8 Å². The fourth-order valence-corrected chi connectivity index (χ4v) is 5.38. The van der Waals surface area contributed by atoms with E-state index >= 15 is 0 Å². The van der Waals surface area contributed by atoms with Crippen LogP contribution in [0.2, 0.25) is 0 Å². The third-order valence-electron chi connectivity index (χ3n) is 6.92. The Kier molecular flexibility index (Phi) is 4.79. The summed E-state index contributed by atoms with van der Waals surface area (Å²) >= 11 is 0. The molecule has 0 radical (unpaired) electrons. The Morgan fingerprint density at radius 2 is 2.09 bits per heavy atom. The average molecular weight is 460 g/mol. The van der Waals surface area contributed by atoms with Gasteiger partial charge in [0.05, 0.1) is 22.5 Å². The molecule has 174 valence electrons. The van der Waals surface area contributed by atoms with Gasteiger partial charge in [-0.25, -0.2) is 9.78 Å². The first-order valence-corrected chi connectivity index (χ1v) is 11.5. The Labute approximate surface area is 196 Å². The number of hydrogen-bond acceptors (Lipinski definition) is 6. The lowest BCUT2D eigenvalue weighted by molar-refractivity contribution is 0.128. The van der Waals surface area contributed by atoms with Crippen molar-refractivity contribution in [2.24, 2.45) is 0 Å². The van der Waals surface area contributed by atoms with E-state index in [9.17, 15) is 9.90 Å². The standard InChI is InChI=1S/C25H25N5O4/c1-14-21(15(2)34-28-14)17-8-9-19-22-23(17)33-13-20(18-7-3-4-10-26-18)30(22)24(27-19)16-6-5-11-29(12-16)25(31)32/h3-4,7-10,16,20H,5-6,11-13H2,1-2H3,(H,31,32). The van der Waals surface area contributed by atoms with E-state index in [1.165, 1.54) is 4.90 Å². The number of imidazole rings is 1. The van der Waals surface area contributed by atoms with Gasteiger partial charge >= 0.3 is 6.09 Å². The largest absolute Gasteiger partial charge is 0.488 e. The number of pyridine rings is 1. The lowest BCUT2D eigenvalue weighted by atomic mass is 9.96. The molecule has 1 fully saturated rings. The predicted octanol–water partition coefficient (Wildman–Crippen LogP) is 4.54. The summed E-state index contributed by atoms with van der Waals surface area (Å²) in [6, 6.07) is 9.72. The lowest BCUT2D eigenvalue weighted by Crippen LogP contribution is -2.39. The molecule has 2 unspecified atom stereocenters. The van der Waals surface area contributed by atoms with Crippen molar-refractivity contribution >= 4 is 17.1 Å². The van der Waals surface area contributed by atoms with Crippen LogP contribution in [0.15, 0.2) is 41.1 Å². The van der Waals surface area contributed by atoms with Crippen molar-refractivity contribution in [3.8, 4) is 16.9 Å². The van der Waals surface area contributed by atoms with E-state index in [1.807, 2.05) is 44.2 Å². The highest BCUT2D eigenvalue weighted by molar-refractivity contribution is 5.93. The highest BCUT2D eigenvalue weighted by atomic mass is 16.5. The van der Waals surface area contributed by atoms with E-state index in [4.69, 9.17) is 14.2 Å². The van der Waals surface area contributed by atoms with Crippen LogP contribution in [0.25, 0.3) is 22.2 Å². The number of aromatic nitrogens is 4. The smallest absolute Gasteiger partial charge is 0.407 e.